The van der Waals surface area contributed by atoms with Crippen LogP contribution in [0.2, 0.25) is 5.02 Å². The smallest absolute Gasteiger partial charge is 0.257 e. The van der Waals surface area contributed by atoms with E-state index >= 15 is 4.79 Å². The maximum Gasteiger partial charge on any atom is 0.257 e. The quantitative estimate of drug-likeness (QED) is 0.255. The largest absolute Gasteiger partial charge is 0.504 e. The molecule has 2 N–H and O–H groups in total. The van der Waals surface area contributed by atoms with E-state index in [1.54, 1.807) is 36.4 Å². The molecule has 3 aromatic carbocycles. The summed E-state index contributed by atoms with van der Waals surface area (Å²) in [6.07, 6.45) is 2.20. The molecule has 6 unspecified atom stereocenters. The van der Waals surface area contributed by atoms with Gasteiger partial charge in [-0.15, -0.1) is 0 Å². The van der Waals surface area contributed by atoms with Crippen LogP contribution in [0.25, 0.3) is 0 Å². The Morgan fingerprint density at radius 2 is 1.67 bits per heavy atom. The zero-order chi connectivity index (χ0) is 30.2. The first-order chi connectivity index (χ1) is 20.7. The molecule has 218 valence electrons. The number of hydroxylamine groups is 2. The van der Waals surface area contributed by atoms with Crippen LogP contribution in [0.15, 0.2) is 84.4 Å². The third-order valence-electron chi connectivity index (χ3n) is 9.68. The summed E-state index contributed by atoms with van der Waals surface area (Å²) in [4.78, 5) is 56.9. The molecule has 3 fully saturated rings. The molecule has 2 saturated heterocycles. The number of carbonyl (C=O) groups excluding carboxylic acids is 4. The second-order valence-electron chi connectivity index (χ2n) is 11.5. The predicted octanol–water partition coefficient (Wildman–Crippen LogP) is 4.61. The summed E-state index contributed by atoms with van der Waals surface area (Å²) < 4.78 is 5.44. The van der Waals surface area contributed by atoms with E-state index in [0.29, 0.717) is 21.8 Å². The first kappa shape index (κ1) is 27.4. The first-order valence-corrected chi connectivity index (χ1v) is 14.4. The van der Waals surface area contributed by atoms with Gasteiger partial charge in [0.2, 0.25) is 11.8 Å². The number of hydrogen-bond acceptors (Lipinski definition) is 7. The van der Waals surface area contributed by atoms with Crippen molar-refractivity contribution < 1.29 is 34.2 Å². The van der Waals surface area contributed by atoms with Gasteiger partial charge < -0.3 is 9.84 Å². The monoisotopic (exact) mass is 598 g/mol. The Bertz CT molecular complexity index is 1740. The molecule has 2 heterocycles. The van der Waals surface area contributed by atoms with Gasteiger partial charge in [-0.2, -0.15) is 5.06 Å². The van der Waals surface area contributed by atoms with Gasteiger partial charge in [0, 0.05) is 10.9 Å². The highest BCUT2D eigenvalue weighted by Gasteiger charge is 2.70. The van der Waals surface area contributed by atoms with Gasteiger partial charge in [0.1, 0.15) is 0 Å². The third-order valence-corrected chi connectivity index (χ3v) is 9.92. The molecule has 43 heavy (non-hydrogen) atoms. The number of ether oxygens (including phenoxy) is 1. The van der Waals surface area contributed by atoms with E-state index in [1.165, 1.54) is 18.1 Å². The second kappa shape index (κ2) is 9.79. The number of hydrogen-bond donors (Lipinski definition) is 2. The molecule has 2 aliphatic carbocycles. The molecular weight excluding hydrogens is 572 g/mol. The number of allylic oxidation sites excluding steroid dienone is 2. The van der Waals surface area contributed by atoms with Crippen molar-refractivity contribution >= 4 is 40.9 Å². The van der Waals surface area contributed by atoms with Crippen molar-refractivity contribution in [1.29, 1.82) is 0 Å². The Morgan fingerprint density at radius 3 is 2.40 bits per heavy atom. The minimum absolute atomic E-state index is 0.0940. The van der Waals surface area contributed by atoms with Crippen LogP contribution < -0.4 is 9.64 Å². The van der Waals surface area contributed by atoms with Crippen molar-refractivity contribution in [2.24, 2.45) is 23.7 Å². The van der Waals surface area contributed by atoms with Crippen LogP contribution in [-0.2, 0) is 24.6 Å². The van der Waals surface area contributed by atoms with Crippen LogP contribution in [0.4, 0.5) is 5.69 Å². The summed E-state index contributed by atoms with van der Waals surface area (Å²) in [5.41, 5.74) is 0.850. The highest BCUT2D eigenvalue weighted by atomic mass is 35.5. The SMILES string of the molecule is COc1cc(C2C3=CCC4C(=O)N(O)C(=O)C4C3CC3C(=O)N(c4cccc(Cl)c4)C(=O)C32c2ccccc2)ccc1O. The lowest BCUT2D eigenvalue weighted by molar-refractivity contribution is -0.173. The molecule has 1 saturated carbocycles. The summed E-state index contributed by atoms with van der Waals surface area (Å²) in [5.74, 6) is -6.10. The number of methoxy groups -OCH3 is 1. The van der Waals surface area contributed by atoms with E-state index in [0.717, 1.165) is 5.57 Å². The average Bonchev–Trinajstić information content (AvgIpc) is 3.38. The lowest BCUT2D eigenvalue weighted by atomic mass is 9.49. The molecule has 9 nitrogen and oxygen atoms in total. The normalized spacial score (nSPS) is 29.7. The van der Waals surface area contributed by atoms with Gasteiger partial charge in [-0.25, -0.2) is 4.90 Å². The van der Waals surface area contributed by atoms with E-state index in [-0.39, 0.29) is 29.4 Å². The average molecular weight is 599 g/mol. The summed E-state index contributed by atoms with van der Waals surface area (Å²) in [7, 11) is 1.42. The van der Waals surface area contributed by atoms with E-state index in [2.05, 4.69) is 0 Å². The lowest BCUT2D eigenvalue weighted by Gasteiger charge is -2.50. The van der Waals surface area contributed by atoms with Gasteiger partial charge in [0.25, 0.3) is 11.8 Å². The van der Waals surface area contributed by atoms with Crippen LogP contribution >= 0.6 is 11.6 Å². The van der Waals surface area contributed by atoms with Crippen molar-refractivity contribution in [2.45, 2.75) is 24.2 Å². The highest BCUT2D eigenvalue weighted by Crippen LogP contribution is 2.64. The fourth-order valence-corrected chi connectivity index (χ4v) is 8.16. The Morgan fingerprint density at radius 1 is 0.907 bits per heavy atom. The summed E-state index contributed by atoms with van der Waals surface area (Å²) >= 11 is 6.31. The second-order valence-corrected chi connectivity index (χ2v) is 11.9. The molecular formula is C33H27ClN2O7. The number of phenolic OH excluding ortho intramolecular Hbond substituents is 1. The minimum Gasteiger partial charge on any atom is -0.504 e. The molecule has 7 rings (SSSR count). The van der Waals surface area contributed by atoms with Gasteiger partial charge in [-0.3, -0.25) is 24.4 Å². The zero-order valence-electron chi connectivity index (χ0n) is 23.0. The van der Waals surface area contributed by atoms with Crippen molar-refractivity contribution in [2.75, 3.05) is 12.0 Å². The molecule has 10 heteroatoms. The van der Waals surface area contributed by atoms with Crippen molar-refractivity contribution in [3.8, 4) is 11.5 Å². The van der Waals surface area contributed by atoms with E-state index in [1.807, 2.05) is 36.4 Å². The number of amides is 4. The molecule has 4 amide bonds. The number of halogens is 1. The highest BCUT2D eigenvalue weighted by molar-refractivity contribution is 6.32. The number of fused-ring (bicyclic) bond motifs is 4. The Kier molecular flexibility index (Phi) is 6.23. The van der Waals surface area contributed by atoms with Gasteiger partial charge in [0.15, 0.2) is 11.5 Å². The van der Waals surface area contributed by atoms with Gasteiger partial charge in [0.05, 0.1) is 36.0 Å². The molecule has 3 aromatic rings. The zero-order valence-corrected chi connectivity index (χ0v) is 23.8. The van der Waals surface area contributed by atoms with Crippen molar-refractivity contribution in [1.82, 2.24) is 5.06 Å². The van der Waals surface area contributed by atoms with Gasteiger partial charge >= 0.3 is 0 Å². The number of imide groups is 2. The number of nitrogens with zero attached hydrogens (tertiary/aromatic N) is 2. The molecule has 0 radical (unpaired) electrons. The molecule has 0 spiro atoms. The molecule has 4 aliphatic rings. The number of rotatable bonds is 4. The van der Waals surface area contributed by atoms with Crippen LogP contribution in [0.1, 0.15) is 29.9 Å². The van der Waals surface area contributed by atoms with E-state index in [9.17, 15) is 24.7 Å². The van der Waals surface area contributed by atoms with Crippen LogP contribution in [0.3, 0.4) is 0 Å². The first-order valence-electron chi connectivity index (χ1n) is 14.0. The van der Waals surface area contributed by atoms with Crippen molar-refractivity contribution in [3.63, 3.8) is 0 Å². The van der Waals surface area contributed by atoms with E-state index in [4.69, 9.17) is 16.3 Å². The standard InChI is InChI=1S/C33H27ClN2O7/c1-43-26-14-17(10-13-25(26)37)28-21-11-12-22-27(31(40)36(42)29(22)38)23(21)16-24-30(39)35(20-9-5-8-19(34)15-20)32(41)33(24,28)18-6-3-2-4-7-18/h2-11,13-15,22-24,27-28,37,42H,12,16H2,1H3. The molecule has 2 aliphatic heterocycles. The van der Waals surface area contributed by atoms with Gasteiger partial charge in [-0.05, 0) is 60.2 Å². The third kappa shape index (κ3) is 3.68. The molecule has 0 bridgehead atoms. The van der Waals surface area contributed by atoms with Gasteiger partial charge in [-0.1, -0.05) is 65.7 Å². The number of benzene rings is 3. The van der Waals surface area contributed by atoms with Crippen LogP contribution in [-0.4, -0.2) is 46.1 Å². The van der Waals surface area contributed by atoms with Crippen molar-refractivity contribution in [3.05, 3.63) is 101 Å². The summed E-state index contributed by atoms with van der Waals surface area (Å²) in [6.45, 7) is 0. The van der Waals surface area contributed by atoms with Crippen LogP contribution in [0, 0.1) is 23.7 Å². The fourth-order valence-electron chi connectivity index (χ4n) is 7.98. The molecule has 6 atom stereocenters. The Labute approximate surface area is 251 Å². The van der Waals surface area contributed by atoms with E-state index < -0.39 is 58.6 Å². The number of aromatic hydroxyl groups is 1. The maximum absolute atomic E-state index is 15.0. The Balaban J connectivity index is 1.53. The Hall–Kier alpha value is -4.47. The summed E-state index contributed by atoms with van der Waals surface area (Å²) in [5, 5.41) is 21.3. The number of carbonyl (C=O) groups is 4. The topological polar surface area (TPSA) is 124 Å². The summed E-state index contributed by atoms with van der Waals surface area (Å²) in [6, 6.07) is 20.5. The fraction of sp³-hybridized carbons (Fsp3) is 0.273. The molecule has 0 aromatic heterocycles. The minimum atomic E-state index is -1.44. The van der Waals surface area contributed by atoms with Crippen LogP contribution in [0.5, 0.6) is 11.5 Å². The number of phenols is 1. The maximum atomic E-state index is 15.0. The lowest BCUT2D eigenvalue weighted by Crippen LogP contribution is -2.53. The number of anilines is 1. The predicted molar refractivity (Wildman–Crippen MR) is 154 cm³/mol.